The normalized spacial score (nSPS) is 15.4. The number of aromatic nitrogens is 2. The fourth-order valence-corrected chi connectivity index (χ4v) is 4.23. The van der Waals surface area contributed by atoms with E-state index in [1.807, 2.05) is 13.8 Å². The number of ether oxygens (including phenoxy) is 3. The van der Waals surface area contributed by atoms with Crippen molar-refractivity contribution in [3.63, 3.8) is 0 Å². The number of carboxylic acid groups (broad SMARTS) is 1. The van der Waals surface area contributed by atoms with Crippen LogP contribution in [0.4, 0.5) is 10.1 Å². The molecular weight excluding hydrogens is 477 g/mol. The SMILES string of the molecule is COc1ncccc1-c1cc(N2CCCC2C(=O)O)c(F)cc1Oc1cnc(OC(C)C)c(Cl)c1. The second-order valence-corrected chi connectivity index (χ2v) is 8.68. The summed E-state index contributed by atoms with van der Waals surface area (Å²) in [5.74, 6) is -0.599. The number of pyridine rings is 2. The molecule has 2 aromatic heterocycles. The maximum atomic E-state index is 15.4. The molecule has 0 bridgehead atoms. The molecule has 3 aromatic rings. The standard InChI is InChI=1S/C25H25ClFN3O5/c1-14(2)34-24-18(26)10-15(13-29-24)35-22-12-19(27)21(30-9-5-7-20(30)25(31)32)11-17(22)16-6-4-8-28-23(16)33-3/h4,6,8,10-14,20H,5,7,9H2,1-3H3,(H,31,32). The van der Waals surface area contributed by atoms with Crippen LogP contribution in [0.5, 0.6) is 23.3 Å². The first-order valence-electron chi connectivity index (χ1n) is 11.1. The Hall–Kier alpha value is -3.59. The molecule has 3 heterocycles. The molecule has 1 N–H and O–H groups in total. The highest BCUT2D eigenvalue weighted by atomic mass is 35.5. The lowest BCUT2D eigenvalue weighted by Gasteiger charge is -2.26. The summed E-state index contributed by atoms with van der Waals surface area (Å²) in [4.78, 5) is 21.7. The summed E-state index contributed by atoms with van der Waals surface area (Å²) in [7, 11) is 1.48. The number of rotatable bonds is 8. The lowest BCUT2D eigenvalue weighted by Crippen LogP contribution is -2.36. The zero-order valence-corrected chi connectivity index (χ0v) is 20.3. The van der Waals surface area contributed by atoms with Crippen LogP contribution in [0.2, 0.25) is 5.02 Å². The van der Waals surface area contributed by atoms with E-state index in [2.05, 4.69) is 9.97 Å². The highest BCUT2D eigenvalue weighted by Crippen LogP contribution is 2.43. The Labute approximate surface area is 207 Å². The summed E-state index contributed by atoms with van der Waals surface area (Å²) >= 11 is 6.30. The smallest absolute Gasteiger partial charge is 0.326 e. The van der Waals surface area contributed by atoms with Gasteiger partial charge in [0.05, 0.1) is 25.1 Å². The summed E-state index contributed by atoms with van der Waals surface area (Å²) in [6, 6.07) is 6.99. The van der Waals surface area contributed by atoms with Gasteiger partial charge in [0.15, 0.2) is 0 Å². The average molecular weight is 502 g/mol. The number of methoxy groups -OCH3 is 1. The van der Waals surface area contributed by atoms with Gasteiger partial charge < -0.3 is 24.2 Å². The molecule has 0 spiro atoms. The summed E-state index contributed by atoms with van der Waals surface area (Å²) < 4.78 is 32.4. The molecule has 0 saturated carbocycles. The molecule has 1 unspecified atom stereocenters. The number of anilines is 1. The Bertz CT molecular complexity index is 1240. The second kappa shape index (κ2) is 10.4. The molecule has 1 aliphatic heterocycles. The number of hydrogen-bond donors (Lipinski definition) is 1. The largest absolute Gasteiger partial charge is 0.481 e. The fourth-order valence-electron chi connectivity index (χ4n) is 4.03. The van der Waals surface area contributed by atoms with Crippen LogP contribution >= 0.6 is 11.6 Å². The molecule has 8 nitrogen and oxygen atoms in total. The van der Waals surface area contributed by atoms with Crippen molar-refractivity contribution in [2.24, 2.45) is 0 Å². The van der Waals surface area contributed by atoms with Crippen molar-refractivity contribution in [3.8, 4) is 34.4 Å². The average Bonchev–Trinajstić information content (AvgIpc) is 3.31. The second-order valence-electron chi connectivity index (χ2n) is 8.28. The van der Waals surface area contributed by atoms with E-state index in [9.17, 15) is 9.90 Å². The highest BCUT2D eigenvalue weighted by Gasteiger charge is 2.33. The van der Waals surface area contributed by atoms with E-state index in [1.54, 1.807) is 29.3 Å². The van der Waals surface area contributed by atoms with Crippen molar-refractivity contribution >= 4 is 23.3 Å². The summed E-state index contributed by atoms with van der Waals surface area (Å²) in [5.41, 5.74) is 1.19. The van der Waals surface area contributed by atoms with E-state index in [1.165, 1.54) is 25.4 Å². The van der Waals surface area contributed by atoms with Crippen molar-refractivity contribution in [2.75, 3.05) is 18.6 Å². The van der Waals surface area contributed by atoms with Gasteiger partial charge in [-0.05, 0) is 44.9 Å². The van der Waals surface area contributed by atoms with Crippen LogP contribution in [0.25, 0.3) is 11.1 Å². The Kier molecular flexibility index (Phi) is 7.25. The predicted octanol–water partition coefficient (Wildman–Crippen LogP) is 5.58. The van der Waals surface area contributed by atoms with Gasteiger partial charge in [-0.25, -0.2) is 19.2 Å². The van der Waals surface area contributed by atoms with E-state index in [0.29, 0.717) is 36.4 Å². The lowest BCUT2D eigenvalue weighted by atomic mass is 10.0. The van der Waals surface area contributed by atoms with Gasteiger partial charge in [-0.15, -0.1) is 0 Å². The van der Waals surface area contributed by atoms with Crippen molar-refractivity contribution < 1.29 is 28.5 Å². The molecule has 35 heavy (non-hydrogen) atoms. The van der Waals surface area contributed by atoms with Crippen molar-refractivity contribution in [3.05, 3.63) is 53.6 Å². The topological polar surface area (TPSA) is 94.0 Å². The predicted molar refractivity (Wildman–Crippen MR) is 129 cm³/mol. The van der Waals surface area contributed by atoms with E-state index < -0.39 is 17.8 Å². The molecule has 4 rings (SSSR count). The van der Waals surface area contributed by atoms with Crippen LogP contribution in [0.1, 0.15) is 26.7 Å². The minimum Gasteiger partial charge on any atom is -0.481 e. The third-order valence-electron chi connectivity index (χ3n) is 5.51. The van der Waals surface area contributed by atoms with Crippen molar-refractivity contribution in [1.82, 2.24) is 9.97 Å². The van der Waals surface area contributed by atoms with Crippen LogP contribution in [0.15, 0.2) is 42.7 Å². The van der Waals surface area contributed by atoms with Gasteiger partial charge in [0.25, 0.3) is 0 Å². The third kappa shape index (κ3) is 5.24. The molecule has 1 aliphatic rings. The summed E-state index contributed by atoms with van der Waals surface area (Å²) in [5, 5.41) is 9.85. The van der Waals surface area contributed by atoms with Crippen molar-refractivity contribution in [1.29, 1.82) is 0 Å². The quantitative estimate of drug-likeness (QED) is 0.427. The highest BCUT2D eigenvalue weighted by molar-refractivity contribution is 6.31. The van der Waals surface area contributed by atoms with Crippen LogP contribution in [0.3, 0.4) is 0 Å². The van der Waals surface area contributed by atoms with Gasteiger partial charge in [0.2, 0.25) is 11.8 Å². The van der Waals surface area contributed by atoms with Gasteiger partial charge in [-0.2, -0.15) is 0 Å². The molecule has 1 aromatic carbocycles. The van der Waals surface area contributed by atoms with Crippen LogP contribution in [0, 0.1) is 5.82 Å². The lowest BCUT2D eigenvalue weighted by molar-refractivity contribution is -0.138. The molecule has 0 aliphatic carbocycles. The van der Waals surface area contributed by atoms with Gasteiger partial charge >= 0.3 is 5.97 Å². The van der Waals surface area contributed by atoms with Crippen LogP contribution in [-0.4, -0.2) is 46.8 Å². The Morgan fingerprint density at radius 2 is 2.03 bits per heavy atom. The zero-order valence-electron chi connectivity index (χ0n) is 19.5. The number of aliphatic carboxylic acids is 1. The maximum absolute atomic E-state index is 15.4. The number of benzene rings is 1. The number of carboxylic acids is 1. The fraction of sp³-hybridized carbons (Fsp3) is 0.320. The van der Waals surface area contributed by atoms with E-state index in [0.717, 1.165) is 0 Å². The van der Waals surface area contributed by atoms with Crippen molar-refractivity contribution in [2.45, 2.75) is 38.8 Å². The first-order valence-corrected chi connectivity index (χ1v) is 11.5. The minimum absolute atomic E-state index is 0.113. The van der Waals surface area contributed by atoms with Crippen LogP contribution < -0.4 is 19.1 Å². The van der Waals surface area contributed by atoms with Crippen LogP contribution in [-0.2, 0) is 4.79 Å². The zero-order chi connectivity index (χ0) is 25.1. The Morgan fingerprint density at radius 3 is 2.71 bits per heavy atom. The monoisotopic (exact) mass is 501 g/mol. The first-order chi connectivity index (χ1) is 16.8. The number of nitrogens with zero attached hydrogens (tertiary/aromatic N) is 3. The van der Waals surface area contributed by atoms with Gasteiger partial charge in [0, 0.05) is 36.0 Å². The van der Waals surface area contributed by atoms with E-state index >= 15 is 4.39 Å². The molecule has 184 valence electrons. The summed E-state index contributed by atoms with van der Waals surface area (Å²) in [6.07, 6.45) is 3.98. The van der Waals surface area contributed by atoms with E-state index in [4.69, 9.17) is 25.8 Å². The molecule has 1 fully saturated rings. The first kappa shape index (κ1) is 24.5. The molecule has 1 atom stereocenters. The van der Waals surface area contributed by atoms with E-state index in [-0.39, 0.29) is 34.2 Å². The van der Waals surface area contributed by atoms with Gasteiger partial charge in [-0.3, -0.25) is 0 Å². The molecule has 1 saturated heterocycles. The Morgan fingerprint density at radius 1 is 1.23 bits per heavy atom. The maximum Gasteiger partial charge on any atom is 0.326 e. The number of carbonyl (C=O) groups is 1. The molecular formula is C25H25ClFN3O5. The Balaban J connectivity index is 1.80. The molecule has 0 amide bonds. The number of halogens is 2. The number of hydrogen-bond acceptors (Lipinski definition) is 7. The molecule has 10 heteroatoms. The van der Waals surface area contributed by atoms with Gasteiger partial charge in [0.1, 0.15) is 28.4 Å². The minimum atomic E-state index is -0.993. The molecule has 0 radical (unpaired) electrons. The van der Waals surface area contributed by atoms with Gasteiger partial charge in [-0.1, -0.05) is 11.6 Å². The summed E-state index contributed by atoms with van der Waals surface area (Å²) in [6.45, 7) is 4.14. The third-order valence-corrected chi connectivity index (χ3v) is 5.78.